The number of nitrogens with zero attached hydrogens (tertiary/aromatic N) is 2. The van der Waals surface area contributed by atoms with Gasteiger partial charge in [0.1, 0.15) is 6.04 Å². The number of carbonyl (C=O) groups is 2. The van der Waals surface area contributed by atoms with Gasteiger partial charge in [0.05, 0.1) is 19.1 Å². The minimum Gasteiger partial charge on any atom is -0.480 e. The Balaban J connectivity index is 1.86. The number of morpholine rings is 1. The molecule has 0 unspecified atom stereocenters. The minimum absolute atomic E-state index is 0.191. The first-order valence-corrected chi connectivity index (χ1v) is 7.83. The maximum atomic E-state index is 12.2. The maximum Gasteiger partial charge on any atom is 0.326 e. The lowest BCUT2D eigenvalue weighted by atomic mass is 10.1. The third-order valence-corrected chi connectivity index (χ3v) is 4.21. The van der Waals surface area contributed by atoms with Crippen LogP contribution in [-0.4, -0.2) is 65.7 Å². The van der Waals surface area contributed by atoms with E-state index >= 15 is 0 Å². The molecule has 1 fully saturated rings. The molecule has 0 aromatic heterocycles. The first kappa shape index (κ1) is 17.4. The van der Waals surface area contributed by atoms with E-state index in [-0.39, 0.29) is 18.4 Å². The quantitative estimate of drug-likeness (QED) is 0.853. The maximum absolute atomic E-state index is 12.2. The van der Waals surface area contributed by atoms with Gasteiger partial charge in [-0.1, -0.05) is 30.3 Å². The van der Waals surface area contributed by atoms with Crippen LogP contribution in [0.15, 0.2) is 30.3 Å². The molecule has 1 aliphatic rings. The highest BCUT2D eigenvalue weighted by atomic mass is 16.5. The Morgan fingerprint density at radius 1 is 1.39 bits per heavy atom. The highest BCUT2D eigenvalue weighted by molar-refractivity contribution is 5.83. The minimum atomic E-state index is -1.00. The van der Waals surface area contributed by atoms with E-state index in [1.54, 1.807) is 0 Å². The van der Waals surface area contributed by atoms with Crippen LogP contribution in [0.25, 0.3) is 0 Å². The molecule has 0 bridgehead atoms. The van der Waals surface area contributed by atoms with E-state index in [2.05, 4.69) is 17.0 Å². The predicted octanol–water partition coefficient (Wildman–Crippen LogP) is 1.21. The van der Waals surface area contributed by atoms with E-state index in [1.807, 2.05) is 18.2 Å². The van der Waals surface area contributed by atoms with Gasteiger partial charge in [0, 0.05) is 26.7 Å². The fourth-order valence-corrected chi connectivity index (χ4v) is 2.61. The van der Waals surface area contributed by atoms with Gasteiger partial charge in [-0.15, -0.1) is 0 Å². The Labute approximate surface area is 136 Å². The zero-order valence-corrected chi connectivity index (χ0v) is 13.6. The number of benzene rings is 1. The van der Waals surface area contributed by atoms with E-state index < -0.39 is 12.0 Å². The first-order valence-electron chi connectivity index (χ1n) is 7.83. The molecule has 0 aliphatic carbocycles. The highest BCUT2D eigenvalue weighted by Crippen LogP contribution is 2.14. The van der Waals surface area contributed by atoms with E-state index in [0.29, 0.717) is 13.2 Å². The van der Waals surface area contributed by atoms with Crippen LogP contribution in [0.4, 0.5) is 0 Å². The predicted molar refractivity (Wildman–Crippen MR) is 85.9 cm³/mol. The van der Waals surface area contributed by atoms with Gasteiger partial charge in [0.15, 0.2) is 0 Å². The van der Waals surface area contributed by atoms with Gasteiger partial charge >= 0.3 is 5.97 Å². The molecule has 1 N–H and O–H groups in total. The lowest BCUT2D eigenvalue weighted by molar-refractivity contribution is -0.150. The zero-order chi connectivity index (χ0) is 16.8. The van der Waals surface area contributed by atoms with Crippen LogP contribution in [0.1, 0.15) is 18.9 Å². The van der Waals surface area contributed by atoms with Crippen molar-refractivity contribution in [3.63, 3.8) is 0 Å². The number of likely N-dealkylation sites (N-methyl/N-ethyl adjacent to an activating group) is 1. The van der Waals surface area contributed by atoms with Crippen molar-refractivity contribution in [1.82, 2.24) is 9.80 Å². The summed E-state index contributed by atoms with van der Waals surface area (Å²) in [5.41, 5.74) is 1.23. The van der Waals surface area contributed by atoms with E-state index in [4.69, 9.17) is 9.84 Å². The second-order valence-electron chi connectivity index (χ2n) is 5.94. The van der Waals surface area contributed by atoms with Crippen molar-refractivity contribution >= 4 is 11.9 Å². The van der Waals surface area contributed by atoms with Crippen LogP contribution in [0.5, 0.6) is 0 Å². The van der Waals surface area contributed by atoms with Crippen LogP contribution in [0.2, 0.25) is 0 Å². The summed E-state index contributed by atoms with van der Waals surface area (Å²) < 4.78 is 5.67. The third kappa shape index (κ3) is 5.04. The van der Waals surface area contributed by atoms with Gasteiger partial charge in [-0.2, -0.15) is 0 Å². The summed E-state index contributed by atoms with van der Waals surface area (Å²) >= 11 is 0. The number of carbonyl (C=O) groups excluding carboxylic acids is 1. The van der Waals surface area contributed by atoms with Crippen molar-refractivity contribution in [1.29, 1.82) is 0 Å². The third-order valence-electron chi connectivity index (χ3n) is 4.21. The highest BCUT2D eigenvalue weighted by Gasteiger charge is 2.27. The molecule has 2 rings (SSSR count). The zero-order valence-electron chi connectivity index (χ0n) is 13.6. The van der Waals surface area contributed by atoms with Crippen LogP contribution in [0, 0.1) is 0 Å². The summed E-state index contributed by atoms with van der Waals surface area (Å²) in [5.74, 6) is -1.21. The molecule has 0 saturated carbocycles. The summed E-state index contributed by atoms with van der Waals surface area (Å²) in [5, 5.41) is 8.98. The number of carboxylic acid groups (broad SMARTS) is 1. The van der Waals surface area contributed by atoms with Gasteiger partial charge < -0.3 is 14.7 Å². The molecule has 23 heavy (non-hydrogen) atoms. The van der Waals surface area contributed by atoms with Crippen molar-refractivity contribution in [2.24, 2.45) is 0 Å². The number of ether oxygens (including phenoxy) is 1. The summed E-state index contributed by atoms with van der Waals surface area (Å²) in [4.78, 5) is 26.7. The summed E-state index contributed by atoms with van der Waals surface area (Å²) in [6, 6.07) is 9.35. The molecule has 1 aliphatic heterocycles. The average Bonchev–Trinajstić information content (AvgIpc) is 2.54. The topological polar surface area (TPSA) is 70.1 Å². The second kappa shape index (κ2) is 8.08. The molecular weight excluding hydrogens is 296 g/mol. The fourth-order valence-electron chi connectivity index (χ4n) is 2.61. The van der Waals surface area contributed by atoms with Gasteiger partial charge in [-0.3, -0.25) is 9.69 Å². The van der Waals surface area contributed by atoms with Crippen LogP contribution in [-0.2, 0) is 20.9 Å². The van der Waals surface area contributed by atoms with E-state index in [0.717, 1.165) is 13.1 Å². The molecule has 126 valence electrons. The normalized spacial score (nSPS) is 20.0. The van der Waals surface area contributed by atoms with Crippen LogP contribution >= 0.6 is 0 Å². The molecule has 1 aromatic carbocycles. The largest absolute Gasteiger partial charge is 0.480 e. The molecule has 1 amide bonds. The lowest BCUT2D eigenvalue weighted by Gasteiger charge is -2.33. The number of hydrogen-bond donors (Lipinski definition) is 1. The van der Waals surface area contributed by atoms with Gasteiger partial charge in [-0.25, -0.2) is 4.79 Å². The second-order valence-corrected chi connectivity index (χ2v) is 5.94. The van der Waals surface area contributed by atoms with Crippen molar-refractivity contribution < 1.29 is 19.4 Å². The Hall–Kier alpha value is -1.92. The molecule has 0 spiro atoms. The summed E-state index contributed by atoms with van der Waals surface area (Å²) in [6.45, 7) is 4.43. The van der Waals surface area contributed by atoms with Crippen LogP contribution in [0.3, 0.4) is 0 Å². The van der Waals surface area contributed by atoms with Gasteiger partial charge in [0.2, 0.25) is 5.91 Å². The molecule has 2 atom stereocenters. The SMILES string of the molecule is C[C@@H](C(=O)O)N(C)C(=O)C[C@H]1CN(Cc2ccccc2)CCO1. The van der Waals surface area contributed by atoms with E-state index in [1.165, 1.54) is 24.4 Å². The van der Waals surface area contributed by atoms with E-state index in [9.17, 15) is 9.59 Å². The van der Waals surface area contributed by atoms with Crippen molar-refractivity contribution in [2.75, 3.05) is 26.7 Å². The molecule has 1 heterocycles. The van der Waals surface area contributed by atoms with Crippen LogP contribution < -0.4 is 0 Å². The summed E-state index contributed by atoms with van der Waals surface area (Å²) in [6.07, 6.45) is 0.0165. The lowest BCUT2D eigenvalue weighted by Crippen LogP contribution is -2.46. The number of rotatable bonds is 6. The molecular formula is C17H24N2O4. The Kier molecular flexibility index (Phi) is 6.12. The average molecular weight is 320 g/mol. The number of hydrogen-bond acceptors (Lipinski definition) is 4. The number of amides is 1. The smallest absolute Gasteiger partial charge is 0.326 e. The number of carboxylic acids is 1. The fraction of sp³-hybridized carbons (Fsp3) is 0.529. The van der Waals surface area contributed by atoms with Crippen molar-refractivity contribution in [2.45, 2.75) is 32.0 Å². The molecule has 6 nitrogen and oxygen atoms in total. The molecule has 6 heteroatoms. The van der Waals surface area contributed by atoms with Crippen molar-refractivity contribution in [3.05, 3.63) is 35.9 Å². The first-order chi connectivity index (χ1) is 11.0. The van der Waals surface area contributed by atoms with Crippen molar-refractivity contribution in [3.8, 4) is 0 Å². The molecule has 1 saturated heterocycles. The monoisotopic (exact) mass is 320 g/mol. The number of aliphatic carboxylic acids is 1. The van der Waals surface area contributed by atoms with Gasteiger partial charge in [0.25, 0.3) is 0 Å². The molecule has 1 aromatic rings. The molecule has 0 radical (unpaired) electrons. The Morgan fingerprint density at radius 3 is 2.74 bits per heavy atom. The standard InChI is InChI=1S/C17H24N2O4/c1-13(17(21)22)18(2)16(20)10-15-12-19(8-9-23-15)11-14-6-4-3-5-7-14/h3-7,13,15H,8-12H2,1-2H3,(H,21,22)/t13-,15-/m0/s1. The van der Waals surface area contributed by atoms with Gasteiger partial charge in [-0.05, 0) is 12.5 Å². The summed E-state index contributed by atoms with van der Waals surface area (Å²) in [7, 11) is 1.52. The Morgan fingerprint density at radius 2 is 2.09 bits per heavy atom. The Bertz CT molecular complexity index is 535.